The molecule has 1 saturated heterocycles. The summed E-state index contributed by atoms with van der Waals surface area (Å²) in [6.45, 7) is 1.96. The van der Waals surface area contributed by atoms with Crippen molar-refractivity contribution in [2.45, 2.75) is 19.1 Å². The zero-order valence-electron chi connectivity index (χ0n) is 6.90. The van der Waals surface area contributed by atoms with Crippen molar-refractivity contribution in [3.8, 4) is 0 Å². The maximum atomic E-state index is 5.62. The molecule has 0 amide bonds. The van der Waals surface area contributed by atoms with Gasteiger partial charge < -0.3 is 9.47 Å². The van der Waals surface area contributed by atoms with Gasteiger partial charge in [0.15, 0.2) is 0 Å². The molecule has 0 spiro atoms. The fraction of sp³-hybridized carbons (Fsp3) is 0.714. The summed E-state index contributed by atoms with van der Waals surface area (Å²) in [6, 6.07) is 0. The Morgan fingerprint density at radius 2 is 2.54 bits per heavy atom. The average molecular weight is 221 g/mol. The zero-order valence-corrected chi connectivity index (χ0v) is 8.48. The van der Waals surface area contributed by atoms with E-state index in [0.717, 1.165) is 18.0 Å². The molecule has 0 aliphatic carbocycles. The molecule has 1 unspecified atom stereocenters. The first-order valence-corrected chi connectivity index (χ1v) is 5.21. The second-order valence-electron chi connectivity index (χ2n) is 2.75. The number of halogens is 1. The lowest BCUT2D eigenvalue weighted by atomic mass is 10.3. The molecule has 2 rings (SSSR count). The maximum Gasteiger partial charge on any atom is 0.207 e. The average Bonchev–Trinajstić information content (AvgIpc) is 2.71. The Morgan fingerprint density at radius 1 is 1.62 bits per heavy atom. The van der Waals surface area contributed by atoms with Gasteiger partial charge >= 0.3 is 0 Å². The second kappa shape index (κ2) is 4.32. The van der Waals surface area contributed by atoms with Crippen LogP contribution >= 0.6 is 22.9 Å². The largest absolute Gasteiger partial charge is 0.379 e. The Balaban J connectivity index is 1.78. The zero-order chi connectivity index (χ0) is 9.10. The van der Waals surface area contributed by atoms with Crippen molar-refractivity contribution in [1.82, 2.24) is 10.2 Å². The van der Waals surface area contributed by atoms with Gasteiger partial charge in [-0.1, -0.05) is 11.3 Å². The van der Waals surface area contributed by atoms with Crippen LogP contribution < -0.4 is 0 Å². The molecule has 72 valence electrons. The van der Waals surface area contributed by atoms with E-state index >= 15 is 0 Å². The van der Waals surface area contributed by atoms with Crippen molar-refractivity contribution < 1.29 is 9.47 Å². The van der Waals surface area contributed by atoms with E-state index in [-0.39, 0.29) is 6.10 Å². The first-order chi connectivity index (χ1) is 6.34. The minimum Gasteiger partial charge on any atom is -0.379 e. The molecule has 1 aromatic rings. The quantitative estimate of drug-likeness (QED) is 0.775. The van der Waals surface area contributed by atoms with Crippen LogP contribution in [0.5, 0.6) is 0 Å². The molecule has 1 aliphatic heterocycles. The van der Waals surface area contributed by atoms with Crippen molar-refractivity contribution in [2.75, 3.05) is 13.2 Å². The Hall–Kier alpha value is -0.230. The van der Waals surface area contributed by atoms with Gasteiger partial charge in [-0.2, -0.15) is 0 Å². The minimum absolute atomic E-state index is 0.211. The van der Waals surface area contributed by atoms with E-state index in [4.69, 9.17) is 21.1 Å². The lowest BCUT2D eigenvalue weighted by Crippen LogP contribution is -2.11. The Morgan fingerprint density at radius 3 is 3.15 bits per heavy atom. The summed E-state index contributed by atoms with van der Waals surface area (Å²) < 4.78 is 11.2. The van der Waals surface area contributed by atoms with Crippen molar-refractivity contribution in [2.24, 2.45) is 0 Å². The first-order valence-electron chi connectivity index (χ1n) is 4.02. The Labute approximate surface area is 84.8 Å². The SMILES string of the molecule is Clc1nnc(COC2CCOC2)s1. The Kier molecular flexibility index (Phi) is 3.10. The highest BCUT2D eigenvalue weighted by atomic mass is 35.5. The van der Waals surface area contributed by atoms with Gasteiger partial charge in [-0.05, 0) is 18.0 Å². The summed E-state index contributed by atoms with van der Waals surface area (Å²) in [5.41, 5.74) is 0. The van der Waals surface area contributed by atoms with Crippen molar-refractivity contribution in [1.29, 1.82) is 0 Å². The van der Waals surface area contributed by atoms with Gasteiger partial charge in [0, 0.05) is 6.61 Å². The van der Waals surface area contributed by atoms with Crippen LogP contribution in [0.25, 0.3) is 0 Å². The van der Waals surface area contributed by atoms with Crippen LogP contribution in [0.15, 0.2) is 0 Å². The van der Waals surface area contributed by atoms with Gasteiger partial charge in [-0.25, -0.2) is 0 Å². The smallest absolute Gasteiger partial charge is 0.207 e. The fourth-order valence-electron chi connectivity index (χ4n) is 1.12. The van der Waals surface area contributed by atoms with E-state index in [9.17, 15) is 0 Å². The molecule has 2 heterocycles. The van der Waals surface area contributed by atoms with Gasteiger partial charge in [0.05, 0.1) is 12.7 Å². The van der Waals surface area contributed by atoms with E-state index in [1.165, 1.54) is 11.3 Å². The Bertz CT molecular complexity index is 275. The second-order valence-corrected chi connectivity index (χ2v) is 4.39. The molecule has 0 radical (unpaired) electrons. The van der Waals surface area contributed by atoms with Crippen LogP contribution in [-0.2, 0) is 16.1 Å². The van der Waals surface area contributed by atoms with Crippen molar-refractivity contribution in [3.05, 3.63) is 9.47 Å². The van der Waals surface area contributed by atoms with Gasteiger partial charge in [-0.15, -0.1) is 10.2 Å². The van der Waals surface area contributed by atoms with Crippen LogP contribution in [-0.4, -0.2) is 29.5 Å². The predicted molar refractivity (Wildman–Crippen MR) is 48.9 cm³/mol. The van der Waals surface area contributed by atoms with Crippen LogP contribution in [0, 0.1) is 0 Å². The van der Waals surface area contributed by atoms with Crippen LogP contribution in [0.1, 0.15) is 11.4 Å². The summed E-state index contributed by atoms with van der Waals surface area (Å²) in [5.74, 6) is 0. The maximum absolute atomic E-state index is 5.62. The van der Waals surface area contributed by atoms with Crippen molar-refractivity contribution >= 4 is 22.9 Å². The molecule has 0 aromatic carbocycles. The highest BCUT2D eigenvalue weighted by Gasteiger charge is 2.16. The topological polar surface area (TPSA) is 44.2 Å². The number of aromatic nitrogens is 2. The summed E-state index contributed by atoms with van der Waals surface area (Å²) in [5, 5.41) is 8.35. The highest BCUT2D eigenvalue weighted by Crippen LogP contribution is 2.17. The monoisotopic (exact) mass is 220 g/mol. The summed E-state index contributed by atoms with van der Waals surface area (Å²) in [6.07, 6.45) is 1.18. The van der Waals surface area contributed by atoms with Crippen LogP contribution in [0.3, 0.4) is 0 Å². The van der Waals surface area contributed by atoms with Crippen molar-refractivity contribution in [3.63, 3.8) is 0 Å². The normalized spacial score (nSPS) is 22.4. The third-order valence-electron chi connectivity index (χ3n) is 1.77. The minimum atomic E-state index is 0.211. The number of nitrogens with zero attached hydrogens (tertiary/aromatic N) is 2. The third kappa shape index (κ3) is 2.60. The number of ether oxygens (including phenoxy) is 2. The van der Waals surface area contributed by atoms with E-state index in [1.807, 2.05) is 0 Å². The molecule has 0 bridgehead atoms. The van der Waals surface area contributed by atoms with E-state index < -0.39 is 0 Å². The van der Waals surface area contributed by atoms with E-state index in [2.05, 4.69) is 10.2 Å². The first kappa shape index (κ1) is 9.33. The lowest BCUT2D eigenvalue weighted by molar-refractivity contribution is 0.0314. The summed E-state index contributed by atoms with van der Waals surface area (Å²) in [7, 11) is 0. The van der Waals surface area contributed by atoms with Gasteiger partial charge in [-0.3, -0.25) is 0 Å². The molecule has 1 fully saturated rings. The number of hydrogen-bond acceptors (Lipinski definition) is 5. The molecule has 0 saturated carbocycles. The van der Waals surface area contributed by atoms with Gasteiger partial charge in [0.2, 0.25) is 4.47 Å². The fourth-order valence-corrected chi connectivity index (χ4v) is 1.91. The standard InChI is InChI=1S/C7H9ClN2O2S/c8-7-10-9-6(13-7)4-12-5-1-2-11-3-5/h5H,1-4H2. The molecule has 0 N–H and O–H groups in total. The number of rotatable bonds is 3. The highest BCUT2D eigenvalue weighted by molar-refractivity contribution is 7.15. The molecule has 13 heavy (non-hydrogen) atoms. The molecular weight excluding hydrogens is 212 g/mol. The summed E-state index contributed by atoms with van der Waals surface area (Å²) in [4.78, 5) is 0. The number of hydrogen-bond donors (Lipinski definition) is 0. The predicted octanol–water partition coefficient (Wildman–Crippen LogP) is 1.50. The van der Waals surface area contributed by atoms with Crippen LogP contribution in [0.2, 0.25) is 4.47 Å². The van der Waals surface area contributed by atoms with Crippen LogP contribution in [0.4, 0.5) is 0 Å². The van der Waals surface area contributed by atoms with E-state index in [0.29, 0.717) is 17.7 Å². The molecule has 1 aromatic heterocycles. The van der Waals surface area contributed by atoms with Gasteiger partial charge in [0.25, 0.3) is 0 Å². The molecule has 4 nitrogen and oxygen atoms in total. The molecule has 6 heteroatoms. The van der Waals surface area contributed by atoms with E-state index in [1.54, 1.807) is 0 Å². The summed E-state index contributed by atoms with van der Waals surface area (Å²) >= 11 is 6.97. The molecular formula is C7H9ClN2O2S. The molecule has 1 aliphatic rings. The lowest BCUT2D eigenvalue weighted by Gasteiger charge is -2.06. The molecule has 1 atom stereocenters. The third-order valence-corrected chi connectivity index (χ3v) is 2.76. The van der Waals surface area contributed by atoms with Gasteiger partial charge in [0.1, 0.15) is 11.6 Å².